The molecule has 0 saturated carbocycles. The van der Waals surface area contributed by atoms with E-state index in [1.54, 1.807) is 0 Å². The molecular formula is C26H34N8O12. The molecule has 0 aliphatic carbocycles. The zero-order chi connectivity index (χ0) is 33.4. The van der Waals surface area contributed by atoms with Gasteiger partial charge in [0, 0.05) is 0 Å². The Kier molecular flexibility index (Phi) is 9.93. The van der Waals surface area contributed by atoms with Crippen molar-refractivity contribution >= 4 is 34.6 Å². The lowest BCUT2D eigenvalue weighted by Gasteiger charge is -2.41. The van der Waals surface area contributed by atoms with E-state index in [9.17, 15) is 50.4 Å². The molecule has 1 aromatic carbocycles. The van der Waals surface area contributed by atoms with Crippen LogP contribution in [0.25, 0.3) is 0 Å². The fourth-order valence-electron chi connectivity index (χ4n) is 5.19. The van der Waals surface area contributed by atoms with Crippen LogP contribution in [0.3, 0.4) is 0 Å². The van der Waals surface area contributed by atoms with Crippen LogP contribution in [0.5, 0.6) is 0 Å². The number of aliphatic hydroxyl groups excluding tert-OH is 8. The van der Waals surface area contributed by atoms with Crippen LogP contribution < -0.4 is 0 Å². The third-order valence-electron chi connectivity index (χ3n) is 7.89. The summed E-state index contributed by atoms with van der Waals surface area (Å²) in [6, 6.07) is 3.70. The number of hydrogen-bond acceptors (Lipinski definition) is 18. The van der Waals surface area contributed by atoms with Gasteiger partial charge >= 0.3 is 0 Å². The van der Waals surface area contributed by atoms with Crippen molar-refractivity contribution < 1.29 is 59.9 Å². The lowest BCUT2D eigenvalue weighted by atomic mass is 9.98. The number of ether oxygens (including phenoxy) is 2. The molecule has 4 aliphatic rings. The van der Waals surface area contributed by atoms with Crippen molar-refractivity contribution in [3.05, 3.63) is 24.3 Å². The van der Waals surface area contributed by atoms with Crippen LogP contribution in [0.1, 0.15) is 13.8 Å². The molecule has 250 valence electrons. The lowest BCUT2D eigenvalue weighted by molar-refractivity contribution is -0.261. The van der Waals surface area contributed by atoms with Crippen molar-refractivity contribution in [3.63, 3.8) is 0 Å². The Hall–Kier alpha value is -3.70. The van der Waals surface area contributed by atoms with Crippen LogP contribution in [0.2, 0.25) is 0 Å². The highest BCUT2D eigenvalue weighted by atomic mass is 16.6. The Morgan fingerprint density at radius 3 is 1.30 bits per heavy atom. The number of nitrogens with zero attached hydrogens (tertiary/aromatic N) is 8. The van der Waals surface area contributed by atoms with Crippen molar-refractivity contribution in [2.24, 2.45) is 30.7 Å². The number of hydrazone groups is 2. The summed E-state index contributed by atoms with van der Waals surface area (Å²) in [5.74, 6) is -1.43. The van der Waals surface area contributed by atoms with Gasteiger partial charge in [-0.15, -0.1) is 0 Å². The minimum Gasteiger partial charge on any atom is -0.394 e. The number of carbonyl (C=O) groups excluding carboxylic acids is 2. The predicted octanol–water partition coefficient (Wildman–Crippen LogP) is -3.37. The maximum Gasteiger partial charge on any atom is 0.277 e. The van der Waals surface area contributed by atoms with Gasteiger partial charge in [0.2, 0.25) is 0 Å². The molecule has 8 N–H and O–H groups in total. The topological polar surface area (TPSA) is 295 Å². The highest BCUT2D eigenvalue weighted by Gasteiger charge is 2.51. The molecule has 0 bridgehead atoms. The minimum atomic E-state index is -1.71. The van der Waals surface area contributed by atoms with Gasteiger partial charge in [-0.2, -0.15) is 40.7 Å². The zero-order valence-corrected chi connectivity index (χ0v) is 24.4. The highest BCUT2D eigenvalue weighted by Crippen LogP contribution is 2.30. The van der Waals surface area contributed by atoms with E-state index in [1.165, 1.54) is 38.1 Å². The van der Waals surface area contributed by atoms with Crippen molar-refractivity contribution in [1.82, 2.24) is 10.0 Å². The summed E-state index contributed by atoms with van der Waals surface area (Å²) in [4.78, 5) is 26.0. The highest BCUT2D eigenvalue weighted by molar-refractivity contribution is 6.11. The van der Waals surface area contributed by atoms with Gasteiger partial charge in [0.1, 0.15) is 48.8 Å². The number of rotatable bonds is 8. The second-order valence-electron chi connectivity index (χ2n) is 11.0. The molecule has 0 spiro atoms. The Morgan fingerprint density at radius 2 is 0.978 bits per heavy atom. The average molecular weight is 651 g/mol. The predicted molar refractivity (Wildman–Crippen MR) is 150 cm³/mol. The monoisotopic (exact) mass is 650 g/mol. The lowest BCUT2D eigenvalue weighted by Crippen LogP contribution is -2.63. The number of aliphatic hydroxyl groups is 8. The largest absolute Gasteiger partial charge is 0.394 e. The Balaban J connectivity index is 1.21. The fraction of sp³-hybridized carbons (Fsp3) is 0.615. The van der Waals surface area contributed by atoms with Crippen molar-refractivity contribution in [1.29, 1.82) is 0 Å². The Morgan fingerprint density at radius 1 is 0.630 bits per heavy atom. The summed E-state index contributed by atoms with van der Waals surface area (Å²) in [6.45, 7) is 1.66. The third-order valence-corrected chi connectivity index (χ3v) is 7.89. The Bertz CT molecular complexity index is 1320. The van der Waals surface area contributed by atoms with Crippen molar-refractivity contribution in [2.75, 3.05) is 13.2 Å². The first-order chi connectivity index (χ1) is 21.9. The molecule has 0 radical (unpaired) electrons. The second-order valence-corrected chi connectivity index (χ2v) is 11.0. The standard InChI is InChI=1S/C26H34N8O12/c1-9-15(23(43)33(31-9)25-21(41)19(39)17(37)13(7-35)45-25)29-27-11-3-5-12(6-4-11)28-30-16-10(2)32-34(24(16)44)26-22(42)20(40)18(38)14(8-36)46-26/h3-6,13-22,25-26,35-42H,7-8H2,1-2H3/t13-,14-,15?,16?,17-,18-,19+,20+,21-,22-,25?,26?/m1/s1. The second kappa shape index (κ2) is 13.6. The van der Waals surface area contributed by atoms with Crippen LogP contribution in [0, 0.1) is 0 Å². The number of carbonyl (C=O) groups is 2. The maximum atomic E-state index is 13.0. The number of amides is 2. The van der Waals surface area contributed by atoms with Crippen molar-refractivity contribution in [2.45, 2.75) is 87.2 Å². The number of hydrogen-bond donors (Lipinski definition) is 8. The number of azo groups is 2. The molecule has 20 heteroatoms. The van der Waals surface area contributed by atoms with Crippen LogP contribution >= 0.6 is 0 Å². The van der Waals surface area contributed by atoms with E-state index in [0.717, 1.165) is 10.0 Å². The SMILES string of the molecule is CC1=NN(C2O[C@H](CO)[C@@H](O)[C@H](O)[C@H]2O)C(=O)C1N=Nc1ccc(N=NC2C(=O)N(C3O[C@H](CO)[C@@H](O)[C@H](O)[C@H]3O)N=C2C)cc1. The van der Waals surface area contributed by atoms with Gasteiger partial charge in [-0.1, -0.05) is 0 Å². The van der Waals surface area contributed by atoms with Gasteiger partial charge in [-0.3, -0.25) is 9.59 Å². The molecule has 2 amide bonds. The van der Waals surface area contributed by atoms with Gasteiger partial charge in [0.15, 0.2) is 24.5 Å². The molecule has 20 nitrogen and oxygen atoms in total. The first-order valence-corrected chi connectivity index (χ1v) is 14.2. The van der Waals surface area contributed by atoms with Gasteiger partial charge in [0.05, 0.1) is 36.0 Å². The summed E-state index contributed by atoms with van der Waals surface area (Å²) in [7, 11) is 0. The summed E-state index contributed by atoms with van der Waals surface area (Å²) in [6.07, 6.45) is -15.4. The molecule has 5 rings (SSSR count). The molecular weight excluding hydrogens is 616 g/mol. The van der Waals surface area contributed by atoms with Crippen LogP contribution in [0.4, 0.5) is 11.4 Å². The fourth-order valence-corrected chi connectivity index (χ4v) is 5.19. The van der Waals surface area contributed by atoms with Gasteiger partial charge in [-0.05, 0) is 38.1 Å². The summed E-state index contributed by atoms with van der Waals surface area (Å²) in [5.41, 5.74) is 1.06. The molecule has 2 saturated heterocycles. The zero-order valence-electron chi connectivity index (χ0n) is 24.4. The van der Waals surface area contributed by atoms with Crippen molar-refractivity contribution in [3.8, 4) is 0 Å². The average Bonchev–Trinajstić information content (AvgIpc) is 3.49. The molecule has 2 fully saturated rings. The van der Waals surface area contributed by atoms with E-state index in [4.69, 9.17) is 9.47 Å². The van der Waals surface area contributed by atoms with Gasteiger partial charge < -0.3 is 50.3 Å². The summed E-state index contributed by atoms with van der Waals surface area (Å²) in [5, 5.41) is 106. The minimum absolute atomic E-state index is 0.215. The molecule has 4 aliphatic heterocycles. The van der Waals surface area contributed by atoms with E-state index in [0.29, 0.717) is 11.4 Å². The van der Waals surface area contributed by atoms with E-state index in [1.807, 2.05) is 0 Å². The quantitative estimate of drug-likeness (QED) is 0.128. The van der Waals surface area contributed by atoms with E-state index in [2.05, 4.69) is 30.7 Å². The Labute approximate surface area is 260 Å². The molecule has 0 aromatic heterocycles. The smallest absolute Gasteiger partial charge is 0.277 e. The molecule has 12 atom stereocenters. The van der Waals surface area contributed by atoms with Crippen LogP contribution in [-0.4, -0.2) is 161 Å². The maximum absolute atomic E-state index is 13.0. The summed E-state index contributed by atoms with van der Waals surface area (Å²) < 4.78 is 10.8. The third kappa shape index (κ3) is 6.19. The van der Waals surface area contributed by atoms with E-state index < -0.39 is 98.4 Å². The molecule has 4 unspecified atom stereocenters. The van der Waals surface area contributed by atoms with Crippen LogP contribution in [-0.2, 0) is 19.1 Å². The normalized spacial score (nSPS) is 38.7. The van der Waals surface area contributed by atoms with Gasteiger partial charge in [0.25, 0.3) is 11.8 Å². The van der Waals surface area contributed by atoms with E-state index >= 15 is 0 Å². The first kappa shape index (κ1) is 33.7. The van der Waals surface area contributed by atoms with E-state index in [-0.39, 0.29) is 11.4 Å². The molecule has 46 heavy (non-hydrogen) atoms. The number of benzene rings is 1. The molecule has 1 aromatic rings. The first-order valence-electron chi connectivity index (χ1n) is 14.2. The van der Waals surface area contributed by atoms with Crippen LogP contribution in [0.15, 0.2) is 54.9 Å². The summed E-state index contributed by atoms with van der Waals surface area (Å²) >= 11 is 0. The van der Waals surface area contributed by atoms with Gasteiger partial charge in [-0.25, -0.2) is 0 Å². The molecule has 4 heterocycles.